The number of aliphatic imine (C=N–C) groups is 1. The predicted octanol–water partition coefficient (Wildman–Crippen LogP) is 3.15. The third-order valence-electron chi connectivity index (χ3n) is 3.42. The van der Waals surface area contributed by atoms with Crippen LogP contribution in [0.1, 0.15) is 18.1 Å². The fourth-order valence-corrected chi connectivity index (χ4v) is 2.30. The Morgan fingerprint density at radius 1 is 1.26 bits per heavy atom. The van der Waals surface area contributed by atoms with E-state index < -0.39 is 19.3 Å². The number of likely N-dealkylation sites (N-methyl/N-ethyl adjacent to an activating group) is 1. The van der Waals surface area contributed by atoms with Gasteiger partial charge in [0, 0.05) is 25.2 Å². The number of aryl methyl sites for hydroxylation is 1. The van der Waals surface area contributed by atoms with Crippen LogP contribution >= 0.6 is 0 Å². The van der Waals surface area contributed by atoms with E-state index in [1.807, 2.05) is 13.8 Å². The van der Waals surface area contributed by atoms with Crippen molar-refractivity contribution in [3.05, 3.63) is 29.3 Å². The van der Waals surface area contributed by atoms with Gasteiger partial charge in [-0.3, -0.25) is 4.90 Å². The van der Waals surface area contributed by atoms with Crippen molar-refractivity contribution < 1.29 is 26.7 Å². The molecule has 0 aliphatic carbocycles. The summed E-state index contributed by atoms with van der Waals surface area (Å²) in [7, 11) is 1.37. The zero-order valence-corrected chi connectivity index (χ0v) is 15.5. The minimum atomic E-state index is -4.25. The Bertz CT molecular complexity index is 607. The van der Waals surface area contributed by atoms with E-state index in [9.17, 15) is 22.0 Å². The molecule has 0 saturated heterocycles. The first-order chi connectivity index (χ1) is 12.6. The summed E-state index contributed by atoms with van der Waals surface area (Å²) < 4.78 is 66.5. The lowest BCUT2D eigenvalue weighted by molar-refractivity contribution is -0.142. The Balaban J connectivity index is 2.70. The molecule has 27 heavy (non-hydrogen) atoms. The van der Waals surface area contributed by atoms with Crippen LogP contribution in [0.15, 0.2) is 23.2 Å². The molecule has 1 rings (SSSR count). The lowest BCUT2D eigenvalue weighted by Crippen LogP contribution is -2.42. The van der Waals surface area contributed by atoms with Gasteiger partial charge in [0.1, 0.15) is 5.75 Å². The van der Waals surface area contributed by atoms with Gasteiger partial charge in [-0.2, -0.15) is 22.0 Å². The number of alkyl halides is 5. The number of ether oxygens (including phenoxy) is 1. The molecule has 0 radical (unpaired) electrons. The lowest BCUT2D eigenvalue weighted by Gasteiger charge is -2.19. The van der Waals surface area contributed by atoms with Gasteiger partial charge in [-0.15, -0.1) is 0 Å². The highest BCUT2D eigenvalue weighted by Gasteiger charge is 2.28. The van der Waals surface area contributed by atoms with E-state index >= 15 is 0 Å². The van der Waals surface area contributed by atoms with Crippen LogP contribution in [0.3, 0.4) is 0 Å². The summed E-state index contributed by atoms with van der Waals surface area (Å²) >= 11 is 0. The van der Waals surface area contributed by atoms with Gasteiger partial charge in [0.2, 0.25) is 0 Å². The number of nitrogens with one attached hydrogen (secondary N) is 2. The minimum Gasteiger partial charge on any atom is -0.434 e. The van der Waals surface area contributed by atoms with E-state index in [2.05, 4.69) is 20.4 Å². The highest BCUT2D eigenvalue weighted by atomic mass is 19.4. The van der Waals surface area contributed by atoms with Crippen molar-refractivity contribution in [2.45, 2.75) is 33.2 Å². The van der Waals surface area contributed by atoms with Crippen LogP contribution in [-0.2, 0) is 6.54 Å². The summed E-state index contributed by atoms with van der Waals surface area (Å²) in [5, 5.41) is 5.88. The number of nitrogens with zero attached hydrogens (tertiary/aromatic N) is 2. The van der Waals surface area contributed by atoms with E-state index in [0.717, 1.165) is 10.5 Å². The number of rotatable bonds is 9. The molecule has 5 nitrogen and oxygen atoms in total. The Morgan fingerprint density at radius 3 is 2.56 bits per heavy atom. The van der Waals surface area contributed by atoms with Gasteiger partial charge in [0.15, 0.2) is 5.96 Å². The summed E-state index contributed by atoms with van der Waals surface area (Å²) in [5.41, 5.74) is 1.36. The SMILES string of the molecule is CCNC(=NCc1cc(C)ccc1OC(F)F)NCCN(C)CC(F)(F)F. The van der Waals surface area contributed by atoms with E-state index in [1.165, 1.54) is 13.1 Å². The molecule has 1 aromatic carbocycles. The molecule has 0 bridgehead atoms. The minimum absolute atomic E-state index is 0.0418. The van der Waals surface area contributed by atoms with Gasteiger partial charge in [-0.1, -0.05) is 17.7 Å². The van der Waals surface area contributed by atoms with Gasteiger partial charge in [0.05, 0.1) is 13.1 Å². The van der Waals surface area contributed by atoms with Crippen LogP contribution < -0.4 is 15.4 Å². The molecule has 0 aliphatic heterocycles. The van der Waals surface area contributed by atoms with Crippen LogP contribution in [0.2, 0.25) is 0 Å². The molecule has 0 saturated carbocycles. The molecule has 0 unspecified atom stereocenters. The third kappa shape index (κ3) is 9.97. The largest absolute Gasteiger partial charge is 0.434 e. The number of benzene rings is 1. The molecule has 0 fully saturated rings. The average molecular weight is 396 g/mol. The van der Waals surface area contributed by atoms with E-state index in [-0.39, 0.29) is 25.4 Å². The zero-order chi connectivity index (χ0) is 20.4. The molecule has 0 heterocycles. The van der Waals surface area contributed by atoms with Crippen LogP contribution in [0, 0.1) is 6.92 Å². The maximum absolute atomic E-state index is 12.5. The fraction of sp³-hybridized carbons (Fsp3) is 0.588. The molecule has 0 aromatic heterocycles. The molecule has 0 amide bonds. The Labute approximate surface area is 155 Å². The second kappa shape index (κ2) is 10.9. The smallest absolute Gasteiger partial charge is 0.401 e. The molecule has 0 spiro atoms. The number of halogens is 5. The number of guanidine groups is 1. The molecule has 10 heteroatoms. The van der Waals surface area contributed by atoms with Crippen LogP contribution in [0.5, 0.6) is 5.75 Å². The van der Waals surface area contributed by atoms with Crippen molar-refractivity contribution in [1.29, 1.82) is 0 Å². The van der Waals surface area contributed by atoms with Crippen molar-refractivity contribution in [2.24, 2.45) is 4.99 Å². The summed E-state index contributed by atoms with van der Waals surface area (Å²) in [6.07, 6.45) is -4.25. The summed E-state index contributed by atoms with van der Waals surface area (Å²) in [4.78, 5) is 5.44. The highest BCUT2D eigenvalue weighted by molar-refractivity contribution is 5.79. The first kappa shape index (κ1) is 22.9. The normalized spacial score (nSPS) is 12.6. The second-order valence-corrected chi connectivity index (χ2v) is 5.96. The maximum atomic E-state index is 12.5. The molecule has 0 aliphatic rings. The maximum Gasteiger partial charge on any atom is 0.401 e. The first-order valence-electron chi connectivity index (χ1n) is 8.42. The summed E-state index contributed by atoms with van der Waals surface area (Å²) in [5.74, 6) is 0.419. The van der Waals surface area contributed by atoms with Crippen LogP contribution in [-0.4, -0.2) is 56.9 Å². The third-order valence-corrected chi connectivity index (χ3v) is 3.42. The van der Waals surface area contributed by atoms with Gasteiger partial charge in [-0.05, 0) is 27.0 Å². The van der Waals surface area contributed by atoms with Crippen molar-refractivity contribution in [3.63, 3.8) is 0 Å². The van der Waals surface area contributed by atoms with Crippen molar-refractivity contribution in [1.82, 2.24) is 15.5 Å². The Hall–Kier alpha value is -2.10. The number of hydrogen-bond donors (Lipinski definition) is 2. The Kier molecular flexibility index (Phi) is 9.27. The van der Waals surface area contributed by atoms with Crippen molar-refractivity contribution in [2.75, 3.05) is 33.2 Å². The monoisotopic (exact) mass is 396 g/mol. The highest BCUT2D eigenvalue weighted by Crippen LogP contribution is 2.23. The Morgan fingerprint density at radius 2 is 1.96 bits per heavy atom. The molecule has 0 atom stereocenters. The van der Waals surface area contributed by atoms with Crippen LogP contribution in [0.4, 0.5) is 22.0 Å². The fourth-order valence-electron chi connectivity index (χ4n) is 2.30. The standard InChI is InChI=1S/C17H25F5N4O/c1-4-23-16(24-7-8-26(3)11-17(20,21)22)25-10-13-9-12(2)5-6-14(13)27-15(18)19/h5-6,9,15H,4,7-8,10-11H2,1-3H3,(H2,23,24,25). The summed E-state index contributed by atoms with van der Waals surface area (Å²) in [6, 6.07) is 4.81. The molecular weight excluding hydrogens is 371 g/mol. The van der Waals surface area contributed by atoms with E-state index in [1.54, 1.807) is 12.1 Å². The van der Waals surface area contributed by atoms with Crippen LogP contribution in [0.25, 0.3) is 0 Å². The van der Waals surface area contributed by atoms with Crippen molar-refractivity contribution in [3.8, 4) is 5.75 Å². The molecule has 2 N–H and O–H groups in total. The quantitative estimate of drug-likeness (QED) is 0.383. The van der Waals surface area contributed by atoms with Gasteiger partial charge >= 0.3 is 12.8 Å². The van der Waals surface area contributed by atoms with Crippen molar-refractivity contribution >= 4 is 5.96 Å². The van der Waals surface area contributed by atoms with E-state index in [4.69, 9.17) is 0 Å². The number of hydrogen-bond acceptors (Lipinski definition) is 3. The average Bonchev–Trinajstić information content (AvgIpc) is 2.52. The molecule has 1 aromatic rings. The molecule has 154 valence electrons. The lowest BCUT2D eigenvalue weighted by atomic mass is 10.1. The topological polar surface area (TPSA) is 48.9 Å². The van der Waals surface area contributed by atoms with Gasteiger partial charge in [0.25, 0.3) is 0 Å². The predicted molar refractivity (Wildman–Crippen MR) is 94.2 cm³/mol. The van der Waals surface area contributed by atoms with Gasteiger partial charge < -0.3 is 15.4 Å². The van der Waals surface area contributed by atoms with E-state index in [0.29, 0.717) is 18.1 Å². The first-order valence-corrected chi connectivity index (χ1v) is 8.42. The molecular formula is C17H25F5N4O. The second-order valence-electron chi connectivity index (χ2n) is 5.96. The zero-order valence-electron chi connectivity index (χ0n) is 15.5. The van der Waals surface area contributed by atoms with Gasteiger partial charge in [-0.25, -0.2) is 4.99 Å². The summed E-state index contributed by atoms with van der Waals surface area (Å²) in [6.45, 7) is 0.743.